The van der Waals surface area contributed by atoms with Crippen molar-refractivity contribution in [2.75, 3.05) is 46.6 Å². The Morgan fingerprint density at radius 1 is 1.31 bits per heavy atom. The second-order valence-corrected chi connectivity index (χ2v) is 11.2. The molecule has 12 heteroatoms. The smallest absolute Gasteiger partial charge is 0.417 e. The molecule has 2 amide bonds. The highest BCUT2D eigenvalue weighted by Gasteiger charge is 2.60. The van der Waals surface area contributed by atoms with E-state index in [4.69, 9.17) is 14.2 Å². The van der Waals surface area contributed by atoms with Crippen molar-refractivity contribution >= 4 is 12.0 Å². The van der Waals surface area contributed by atoms with Gasteiger partial charge in [0.05, 0.1) is 30.3 Å². The number of ether oxygens (including phenoxy) is 3. The third-order valence-electron chi connectivity index (χ3n) is 8.70. The number of amides is 2. The van der Waals surface area contributed by atoms with Crippen LogP contribution in [0.25, 0.3) is 0 Å². The Labute approximate surface area is 226 Å². The van der Waals surface area contributed by atoms with Crippen molar-refractivity contribution in [3.05, 3.63) is 29.1 Å². The zero-order valence-electron chi connectivity index (χ0n) is 22.5. The molecule has 39 heavy (non-hydrogen) atoms. The number of nitrogens with zero attached hydrogens (tertiary/aromatic N) is 3. The number of methoxy groups -OCH3 is 1. The molecule has 216 valence electrons. The number of hydrogen-bond acceptors (Lipinski definition) is 7. The van der Waals surface area contributed by atoms with Crippen LogP contribution in [0.5, 0.6) is 0 Å². The summed E-state index contributed by atoms with van der Waals surface area (Å²) in [6.45, 7) is 4.48. The average Bonchev–Trinajstić information content (AvgIpc) is 3.45. The summed E-state index contributed by atoms with van der Waals surface area (Å²) in [7, 11) is 1.66. The van der Waals surface area contributed by atoms with Crippen LogP contribution in [0.4, 0.5) is 18.0 Å². The van der Waals surface area contributed by atoms with Gasteiger partial charge in [0.15, 0.2) is 0 Å². The number of nitrogens with one attached hydrogen (secondary N) is 1. The van der Waals surface area contributed by atoms with E-state index in [0.29, 0.717) is 69.9 Å². The highest BCUT2D eigenvalue weighted by atomic mass is 19.4. The number of likely N-dealkylation sites (tertiary alicyclic amines) is 1. The summed E-state index contributed by atoms with van der Waals surface area (Å²) in [6.07, 6.45) is -1.01. The number of rotatable bonds is 6. The Morgan fingerprint density at radius 2 is 2.13 bits per heavy atom. The minimum absolute atomic E-state index is 0.0455. The quantitative estimate of drug-likeness (QED) is 0.578. The number of pyridine rings is 1. The lowest BCUT2D eigenvalue weighted by atomic mass is 9.78. The maximum atomic E-state index is 14.3. The van der Waals surface area contributed by atoms with Crippen molar-refractivity contribution in [2.24, 2.45) is 11.3 Å². The van der Waals surface area contributed by atoms with Gasteiger partial charge in [0.25, 0.3) is 0 Å². The normalized spacial score (nSPS) is 30.7. The molecule has 9 nitrogen and oxygen atoms in total. The second-order valence-electron chi connectivity index (χ2n) is 11.2. The van der Waals surface area contributed by atoms with Gasteiger partial charge in [0, 0.05) is 70.3 Å². The predicted octanol–water partition coefficient (Wildman–Crippen LogP) is 3.01. The second kappa shape index (κ2) is 11.2. The van der Waals surface area contributed by atoms with Crippen molar-refractivity contribution in [2.45, 2.75) is 69.9 Å². The highest BCUT2D eigenvalue weighted by molar-refractivity contribution is 5.86. The maximum Gasteiger partial charge on any atom is 0.417 e. The highest BCUT2D eigenvalue weighted by Crippen LogP contribution is 2.51. The van der Waals surface area contributed by atoms with Crippen LogP contribution >= 0.6 is 0 Å². The molecular weight excluding hydrogens is 517 g/mol. The van der Waals surface area contributed by atoms with E-state index < -0.39 is 23.2 Å². The third kappa shape index (κ3) is 5.60. The minimum atomic E-state index is -4.50. The summed E-state index contributed by atoms with van der Waals surface area (Å²) in [5.41, 5.74) is -0.629. The zero-order chi connectivity index (χ0) is 27.8. The SMILES string of the molecule is CCCOC(=O)N1C[C@@H]2C[C@@H](NC3CCOCC3OC)C[C@]2(C(=O)N2CCc3ncc(C(F)(F)F)cc3C2)C1. The molecule has 3 fully saturated rings. The Hall–Kier alpha value is -2.44. The predicted molar refractivity (Wildman–Crippen MR) is 134 cm³/mol. The molecule has 0 aromatic carbocycles. The van der Waals surface area contributed by atoms with Crippen LogP contribution < -0.4 is 5.32 Å². The summed E-state index contributed by atoms with van der Waals surface area (Å²) >= 11 is 0. The Morgan fingerprint density at radius 3 is 2.87 bits per heavy atom. The molecule has 0 bridgehead atoms. The van der Waals surface area contributed by atoms with E-state index in [1.165, 1.54) is 0 Å². The topological polar surface area (TPSA) is 93.2 Å². The number of aromatic nitrogens is 1. The number of hydrogen-bond donors (Lipinski definition) is 1. The lowest BCUT2D eigenvalue weighted by Crippen LogP contribution is -2.52. The molecule has 2 unspecified atom stereocenters. The molecule has 1 saturated carbocycles. The van der Waals surface area contributed by atoms with E-state index in [9.17, 15) is 22.8 Å². The summed E-state index contributed by atoms with van der Waals surface area (Å²) < 4.78 is 56.6. The number of alkyl halides is 3. The first-order valence-corrected chi connectivity index (χ1v) is 13.8. The first-order valence-electron chi connectivity index (χ1n) is 13.8. The van der Waals surface area contributed by atoms with Gasteiger partial charge in [-0.2, -0.15) is 13.2 Å². The number of fused-ring (bicyclic) bond motifs is 2. The first-order chi connectivity index (χ1) is 18.6. The molecule has 4 aliphatic rings. The average molecular weight is 555 g/mol. The molecule has 3 aliphatic heterocycles. The molecule has 1 N–H and O–H groups in total. The van der Waals surface area contributed by atoms with Crippen LogP contribution in [0, 0.1) is 11.3 Å². The van der Waals surface area contributed by atoms with Crippen LogP contribution in [0.15, 0.2) is 12.3 Å². The zero-order valence-corrected chi connectivity index (χ0v) is 22.5. The van der Waals surface area contributed by atoms with Crippen LogP contribution in [0.3, 0.4) is 0 Å². The molecule has 1 aliphatic carbocycles. The van der Waals surface area contributed by atoms with Crippen molar-refractivity contribution in [3.63, 3.8) is 0 Å². The van der Waals surface area contributed by atoms with E-state index in [-0.39, 0.29) is 43.1 Å². The summed E-state index contributed by atoms with van der Waals surface area (Å²) in [5, 5.41) is 3.70. The molecule has 0 spiro atoms. The number of carbonyl (C=O) groups is 2. The molecule has 5 atom stereocenters. The molecule has 0 radical (unpaired) electrons. The third-order valence-corrected chi connectivity index (χ3v) is 8.70. The summed E-state index contributed by atoms with van der Waals surface area (Å²) in [5.74, 6) is -0.195. The molecule has 5 rings (SSSR count). The van der Waals surface area contributed by atoms with Gasteiger partial charge in [-0.25, -0.2) is 4.79 Å². The van der Waals surface area contributed by atoms with E-state index in [1.54, 1.807) is 16.9 Å². The van der Waals surface area contributed by atoms with Gasteiger partial charge in [0.2, 0.25) is 5.91 Å². The van der Waals surface area contributed by atoms with Crippen LogP contribution in [-0.2, 0) is 38.1 Å². The molecule has 4 heterocycles. The van der Waals surface area contributed by atoms with Gasteiger partial charge >= 0.3 is 12.3 Å². The van der Waals surface area contributed by atoms with E-state index in [0.717, 1.165) is 18.7 Å². The summed E-state index contributed by atoms with van der Waals surface area (Å²) in [6, 6.07) is 1.25. The van der Waals surface area contributed by atoms with Crippen molar-refractivity contribution < 1.29 is 37.0 Å². The Balaban J connectivity index is 1.36. The monoisotopic (exact) mass is 554 g/mol. The molecule has 2 saturated heterocycles. The largest absolute Gasteiger partial charge is 0.449 e. The van der Waals surface area contributed by atoms with Crippen molar-refractivity contribution in [1.82, 2.24) is 20.1 Å². The van der Waals surface area contributed by atoms with Gasteiger partial charge in [-0.05, 0) is 43.2 Å². The fraction of sp³-hybridized carbons (Fsp3) is 0.741. The van der Waals surface area contributed by atoms with Gasteiger partial charge in [0.1, 0.15) is 0 Å². The van der Waals surface area contributed by atoms with E-state index in [2.05, 4.69) is 10.3 Å². The Bertz CT molecular complexity index is 1070. The lowest BCUT2D eigenvalue weighted by molar-refractivity contribution is -0.143. The van der Waals surface area contributed by atoms with Gasteiger partial charge in [-0.15, -0.1) is 0 Å². The van der Waals surface area contributed by atoms with Gasteiger partial charge in [-0.3, -0.25) is 9.78 Å². The Kier molecular flexibility index (Phi) is 8.08. The number of halogens is 3. The fourth-order valence-corrected chi connectivity index (χ4v) is 6.76. The minimum Gasteiger partial charge on any atom is -0.449 e. The van der Waals surface area contributed by atoms with Crippen LogP contribution in [0.2, 0.25) is 0 Å². The standard InChI is InChI=1S/C27H37F3N4O5/c1-3-7-39-25(36)34-14-19-10-20(32-22-5-8-38-15-23(22)37-2)11-26(19,16-34)24(35)33-6-4-21-17(13-33)9-18(12-31-21)27(28,29)30/h9,12,19-20,22-23,32H,3-8,10-11,13-16H2,1-2H3/t19-,20+,22?,23?,26-/m0/s1. The van der Waals surface area contributed by atoms with Crippen molar-refractivity contribution in [3.8, 4) is 0 Å². The fourth-order valence-electron chi connectivity index (χ4n) is 6.76. The van der Waals surface area contributed by atoms with E-state index in [1.807, 2.05) is 6.92 Å². The first kappa shape index (κ1) is 28.1. The van der Waals surface area contributed by atoms with Gasteiger partial charge < -0.3 is 29.3 Å². The van der Waals surface area contributed by atoms with E-state index >= 15 is 0 Å². The van der Waals surface area contributed by atoms with Crippen molar-refractivity contribution in [1.29, 1.82) is 0 Å². The van der Waals surface area contributed by atoms with Crippen LogP contribution in [-0.4, -0.2) is 91.5 Å². The maximum absolute atomic E-state index is 14.3. The van der Waals surface area contributed by atoms with Crippen LogP contribution in [0.1, 0.15) is 49.4 Å². The molecule has 1 aromatic rings. The van der Waals surface area contributed by atoms with Gasteiger partial charge in [-0.1, -0.05) is 6.92 Å². The molecule has 1 aromatic heterocycles. The number of carbonyl (C=O) groups excluding carboxylic acids is 2. The lowest BCUT2D eigenvalue weighted by Gasteiger charge is -2.37. The summed E-state index contributed by atoms with van der Waals surface area (Å²) in [4.78, 5) is 34.4. The molecular formula is C27H37F3N4O5.